The van der Waals surface area contributed by atoms with Crippen molar-refractivity contribution in [3.8, 4) is 6.07 Å². The molecule has 0 aliphatic carbocycles. The quantitative estimate of drug-likeness (QED) is 0.742. The number of rotatable bonds is 2. The van der Waals surface area contributed by atoms with Crippen molar-refractivity contribution < 1.29 is 9.21 Å². The van der Waals surface area contributed by atoms with E-state index in [0.29, 0.717) is 5.56 Å². The van der Waals surface area contributed by atoms with E-state index in [1.54, 1.807) is 19.9 Å². The van der Waals surface area contributed by atoms with E-state index in [-0.39, 0.29) is 5.91 Å². The SMILES string of the molecule is CC(C)(C#N)NC(=O)c1ccoc1. The second-order valence-corrected chi connectivity index (χ2v) is 3.20. The summed E-state index contributed by atoms with van der Waals surface area (Å²) in [6.07, 6.45) is 2.75. The molecular formula is C9H10N2O2. The van der Waals surface area contributed by atoms with Crippen LogP contribution in [0.3, 0.4) is 0 Å². The van der Waals surface area contributed by atoms with E-state index in [1.165, 1.54) is 12.5 Å². The van der Waals surface area contributed by atoms with Crippen LogP contribution in [0.2, 0.25) is 0 Å². The maximum absolute atomic E-state index is 11.4. The summed E-state index contributed by atoms with van der Waals surface area (Å²) in [5.74, 6) is -0.305. The Kier molecular flexibility index (Phi) is 2.38. The third kappa shape index (κ3) is 2.34. The molecule has 68 valence electrons. The zero-order chi connectivity index (χ0) is 9.90. The molecule has 0 aromatic carbocycles. The molecule has 0 unspecified atom stereocenters. The van der Waals surface area contributed by atoms with Crippen molar-refractivity contribution >= 4 is 5.91 Å². The number of nitrogens with zero attached hydrogens (tertiary/aromatic N) is 1. The molecule has 0 aliphatic heterocycles. The molecule has 0 saturated carbocycles. The second kappa shape index (κ2) is 3.31. The van der Waals surface area contributed by atoms with Crippen molar-refractivity contribution in [2.75, 3.05) is 0 Å². The molecule has 0 spiro atoms. The van der Waals surface area contributed by atoms with Gasteiger partial charge in [-0.1, -0.05) is 0 Å². The van der Waals surface area contributed by atoms with Gasteiger partial charge in [0.05, 0.1) is 17.9 Å². The summed E-state index contributed by atoms with van der Waals surface area (Å²) in [5, 5.41) is 11.2. The molecule has 0 aliphatic rings. The Bertz CT molecular complexity index is 333. The number of furan rings is 1. The number of hydrogen-bond donors (Lipinski definition) is 1. The van der Waals surface area contributed by atoms with Crippen LogP contribution in [0.5, 0.6) is 0 Å². The van der Waals surface area contributed by atoms with Crippen LogP contribution in [0.15, 0.2) is 23.0 Å². The van der Waals surface area contributed by atoms with Crippen LogP contribution in [0.1, 0.15) is 24.2 Å². The molecule has 1 aromatic heterocycles. The van der Waals surface area contributed by atoms with Crippen molar-refractivity contribution in [1.29, 1.82) is 5.26 Å². The average molecular weight is 178 g/mol. The molecule has 1 heterocycles. The van der Waals surface area contributed by atoms with Gasteiger partial charge < -0.3 is 9.73 Å². The highest BCUT2D eigenvalue weighted by atomic mass is 16.3. The minimum atomic E-state index is -0.853. The molecule has 0 atom stereocenters. The lowest BCUT2D eigenvalue weighted by atomic mass is 10.1. The zero-order valence-corrected chi connectivity index (χ0v) is 7.50. The van der Waals surface area contributed by atoms with E-state index in [0.717, 1.165) is 0 Å². The van der Waals surface area contributed by atoms with E-state index in [1.807, 2.05) is 6.07 Å². The molecule has 13 heavy (non-hydrogen) atoms. The summed E-state index contributed by atoms with van der Waals surface area (Å²) in [5.41, 5.74) is -0.433. The summed E-state index contributed by atoms with van der Waals surface area (Å²) >= 11 is 0. The Morgan fingerprint density at radius 1 is 1.69 bits per heavy atom. The minimum Gasteiger partial charge on any atom is -0.472 e. The highest BCUT2D eigenvalue weighted by Crippen LogP contribution is 2.04. The van der Waals surface area contributed by atoms with E-state index in [2.05, 4.69) is 5.32 Å². The monoisotopic (exact) mass is 178 g/mol. The standard InChI is InChI=1S/C9H10N2O2/c1-9(2,6-10)11-8(12)7-3-4-13-5-7/h3-5H,1-2H3,(H,11,12). The Morgan fingerprint density at radius 3 is 2.85 bits per heavy atom. The van der Waals surface area contributed by atoms with Crippen molar-refractivity contribution in [2.24, 2.45) is 0 Å². The van der Waals surface area contributed by atoms with Gasteiger partial charge in [0.2, 0.25) is 0 Å². The highest BCUT2D eigenvalue weighted by Gasteiger charge is 2.20. The number of hydrogen-bond acceptors (Lipinski definition) is 3. The van der Waals surface area contributed by atoms with Crippen LogP contribution < -0.4 is 5.32 Å². The second-order valence-electron chi connectivity index (χ2n) is 3.20. The first kappa shape index (κ1) is 9.33. The molecule has 1 amide bonds. The van der Waals surface area contributed by atoms with Crippen molar-refractivity contribution in [3.63, 3.8) is 0 Å². The Hall–Kier alpha value is -1.76. The topological polar surface area (TPSA) is 66.0 Å². The number of nitrogens with one attached hydrogen (secondary N) is 1. The highest BCUT2D eigenvalue weighted by molar-refractivity contribution is 5.94. The summed E-state index contributed by atoms with van der Waals surface area (Å²) in [6, 6.07) is 3.52. The lowest BCUT2D eigenvalue weighted by molar-refractivity contribution is 0.0928. The van der Waals surface area contributed by atoms with Gasteiger partial charge in [0.15, 0.2) is 0 Å². The largest absolute Gasteiger partial charge is 0.472 e. The van der Waals surface area contributed by atoms with Gasteiger partial charge in [0.1, 0.15) is 11.8 Å². The van der Waals surface area contributed by atoms with Gasteiger partial charge in [-0.05, 0) is 19.9 Å². The lowest BCUT2D eigenvalue weighted by Gasteiger charge is -2.16. The number of amides is 1. The predicted octanol–water partition coefficient (Wildman–Crippen LogP) is 1.31. The average Bonchev–Trinajstić information content (AvgIpc) is 2.55. The molecule has 0 saturated heterocycles. The van der Waals surface area contributed by atoms with Crippen LogP contribution >= 0.6 is 0 Å². The summed E-state index contributed by atoms with van der Waals surface area (Å²) in [7, 11) is 0. The minimum absolute atomic E-state index is 0.305. The first-order chi connectivity index (χ1) is 6.05. The Labute approximate surface area is 76.2 Å². The molecule has 1 aromatic rings. The fraction of sp³-hybridized carbons (Fsp3) is 0.333. The first-order valence-corrected chi connectivity index (χ1v) is 3.81. The van der Waals surface area contributed by atoms with E-state index < -0.39 is 5.54 Å². The third-order valence-electron chi connectivity index (χ3n) is 1.49. The molecule has 4 nitrogen and oxygen atoms in total. The molecule has 1 rings (SSSR count). The Balaban J connectivity index is 2.68. The third-order valence-corrected chi connectivity index (χ3v) is 1.49. The Morgan fingerprint density at radius 2 is 2.38 bits per heavy atom. The number of carbonyl (C=O) groups excluding carboxylic acids is 1. The maximum atomic E-state index is 11.4. The van der Waals surface area contributed by atoms with Crippen molar-refractivity contribution in [3.05, 3.63) is 24.2 Å². The molecule has 0 fully saturated rings. The molecule has 0 bridgehead atoms. The van der Waals surface area contributed by atoms with Gasteiger partial charge in [0, 0.05) is 0 Å². The van der Waals surface area contributed by atoms with Gasteiger partial charge in [-0.25, -0.2) is 0 Å². The van der Waals surface area contributed by atoms with Crippen LogP contribution in [-0.4, -0.2) is 11.4 Å². The maximum Gasteiger partial charge on any atom is 0.255 e. The van der Waals surface area contributed by atoms with Gasteiger partial charge in [-0.2, -0.15) is 5.26 Å². The van der Waals surface area contributed by atoms with Crippen LogP contribution in [-0.2, 0) is 0 Å². The zero-order valence-electron chi connectivity index (χ0n) is 7.50. The smallest absolute Gasteiger partial charge is 0.255 e. The molecule has 1 N–H and O–H groups in total. The summed E-state index contributed by atoms with van der Waals surface area (Å²) in [4.78, 5) is 11.4. The fourth-order valence-electron chi connectivity index (χ4n) is 0.778. The predicted molar refractivity (Wildman–Crippen MR) is 45.9 cm³/mol. The van der Waals surface area contributed by atoms with E-state index in [4.69, 9.17) is 9.68 Å². The van der Waals surface area contributed by atoms with Gasteiger partial charge in [-0.15, -0.1) is 0 Å². The van der Waals surface area contributed by atoms with Gasteiger partial charge in [-0.3, -0.25) is 4.79 Å². The molecule has 0 radical (unpaired) electrons. The van der Waals surface area contributed by atoms with Crippen molar-refractivity contribution in [1.82, 2.24) is 5.32 Å². The molecular weight excluding hydrogens is 168 g/mol. The van der Waals surface area contributed by atoms with Crippen molar-refractivity contribution in [2.45, 2.75) is 19.4 Å². The molecule has 4 heteroatoms. The van der Waals surface area contributed by atoms with Gasteiger partial charge >= 0.3 is 0 Å². The summed E-state index contributed by atoms with van der Waals surface area (Å²) < 4.78 is 4.74. The van der Waals surface area contributed by atoms with Crippen LogP contribution in [0.25, 0.3) is 0 Å². The van der Waals surface area contributed by atoms with E-state index >= 15 is 0 Å². The summed E-state index contributed by atoms with van der Waals surface area (Å²) in [6.45, 7) is 3.26. The normalized spacial score (nSPS) is 10.5. The van der Waals surface area contributed by atoms with Crippen LogP contribution in [0.4, 0.5) is 0 Å². The lowest BCUT2D eigenvalue weighted by Crippen LogP contribution is -2.41. The first-order valence-electron chi connectivity index (χ1n) is 3.81. The fourth-order valence-corrected chi connectivity index (χ4v) is 0.778. The number of carbonyl (C=O) groups is 1. The van der Waals surface area contributed by atoms with Gasteiger partial charge in [0.25, 0.3) is 5.91 Å². The number of nitriles is 1. The van der Waals surface area contributed by atoms with Crippen LogP contribution in [0, 0.1) is 11.3 Å². The van der Waals surface area contributed by atoms with E-state index in [9.17, 15) is 4.79 Å².